The first-order valence-corrected chi connectivity index (χ1v) is 10.1. The van der Waals surface area contributed by atoms with E-state index in [1.165, 1.54) is 21.4 Å². The highest BCUT2D eigenvalue weighted by molar-refractivity contribution is 7.17. The Morgan fingerprint density at radius 2 is 1.75 bits per heavy atom. The van der Waals surface area contributed by atoms with Crippen molar-refractivity contribution in [2.24, 2.45) is 0 Å². The Balaban J connectivity index is 1.45. The van der Waals surface area contributed by atoms with Gasteiger partial charge in [0.25, 0.3) is 11.5 Å². The fraction of sp³-hybridized carbons (Fsp3) is 0.190. The van der Waals surface area contributed by atoms with Crippen LogP contribution >= 0.6 is 11.3 Å². The number of thiophene rings is 1. The second-order valence-corrected chi connectivity index (χ2v) is 7.70. The van der Waals surface area contributed by atoms with E-state index in [2.05, 4.69) is 22.0 Å². The van der Waals surface area contributed by atoms with Crippen LogP contribution in [0.4, 0.5) is 5.69 Å². The predicted octanol–water partition coefficient (Wildman–Crippen LogP) is 2.87. The lowest BCUT2D eigenvalue weighted by Gasteiger charge is -2.36. The molecule has 0 N–H and O–H groups in total. The quantitative estimate of drug-likeness (QED) is 0.528. The van der Waals surface area contributed by atoms with Crippen LogP contribution in [0.1, 0.15) is 10.4 Å². The zero-order valence-corrected chi connectivity index (χ0v) is 15.9. The van der Waals surface area contributed by atoms with Crippen LogP contribution in [-0.2, 0) is 0 Å². The average Bonchev–Trinajstić information content (AvgIpc) is 3.23. The molecule has 6 nitrogen and oxygen atoms in total. The summed E-state index contributed by atoms with van der Waals surface area (Å²) in [5, 5.41) is 1.85. The lowest BCUT2D eigenvalue weighted by molar-refractivity contribution is 0.0748. The van der Waals surface area contributed by atoms with E-state index < -0.39 is 0 Å². The summed E-state index contributed by atoms with van der Waals surface area (Å²) in [4.78, 5) is 34.6. The van der Waals surface area contributed by atoms with Crippen LogP contribution in [0.5, 0.6) is 0 Å². The zero-order valence-electron chi connectivity index (χ0n) is 15.1. The number of anilines is 1. The first-order valence-electron chi connectivity index (χ1n) is 9.20. The molecule has 5 rings (SSSR count). The Morgan fingerprint density at radius 3 is 2.54 bits per heavy atom. The first kappa shape index (κ1) is 16.9. The molecule has 1 fully saturated rings. The fourth-order valence-corrected chi connectivity index (χ4v) is 4.46. The second kappa shape index (κ2) is 6.76. The maximum Gasteiger partial charge on any atom is 0.275 e. The number of carbonyl (C=O) groups is 1. The summed E-state index contributed by atoms with van der Waals surface area (Å²) in [6, 6.07) is 15.5. The number of piperazine rings is 1. The molecule has 0 bridgehead atoms. The third kappa shape index (κ3) is 2.75. The summed E-state index contributed by atoms with van der Waals surface area (Å²) in [5.74, 6) is -0.0766. The van der Waals surface area contributed by atoms with Crippen LogP contribution in [0.3, 0.4) is 0 Å². The summed E-state index contributed by atoms with van der Waals surface area (Å²) in [5.41, 5.74) is 2.59. The molecule has 0 saturated carbocycles. The van der Waals surface area contributed by atoms with Crippen molar-refractivity contribution in [3.8, 4) is 0 Å². The van der Waals surface area contributed by atoms with E-state index in [0.717, 1.165) is 13.1 Å². The number of aromatic nitrogens is 2. The van der Waals surface area contributed by atoms with Gasteiger partial charge in [0.15, 0.2) is 5.65 Å². The van der Waals surface area contributed by atoms with E-state index in [9.17, 15) is 9.59 Å². The van der Waals surface area contributed by atoms with Crippen molar-refractivity contribution in [2.45, 2.75) is 0 Å². The molecule has 1 aliphatic rings. The van der Waals surface area contributed by atoms with Crippen LogP contribution in [0.25, 0.3) is 15.9 Å². The van der Waals surface area contributed by atoms with Crippen LogP contribution in [-0.4, -0.2) is 46.4 Å². The van der Waals surface area contributed by atoms with E-state index in [-0.39, 0.29) is 11.5 Å². The molecule has 0 spiro atoms. The van der Waals surface area contributed by atoms with Gasteiger partial charge in [-0.1, -0.05) is 18.2 Å². The number of hydrogen-bond donors (Lipinski definition) is 0. The van der Waals surface area contributed by atoms with Gasteiger partial charge in [0.1, 0.15) is 4.70 Å². The van der Waals surface area contributed by atoms with Gasteiger partial charge in [0.2, 0.25) is 0 Å². The Morgan fingerprint density at radius 1 is 0.964 bits per heavy atom. The highest BCUT2D eigenvalue weighted by Gasteiger charge is 2.24. The molecule has 140 valence electrons. The van der Waals surface area contributed by atoms with Crippen molar-refractivity contribution in [1.82, 2.24) is 14.3 Å². The monoisotopic (exact) mass is 390 g/mol. The van der Waals surface area contributed by atoms with E-state index in [0.29, 0.717) is 34.5 Å². The van der Waals surface area contributed by atoms with Gasteiger partial charge in [-0.25, -0.2) is 4.98 Å². The van der Waals surface area contributed by atoms with Crippen LogP contribution < -0.4 is 10.5 Å². The highest BCUT2D eigenvalue weighted by atomic mass is 32.1. The van der Waals surface area contributed by atoms with Crippen molar-refractivity contribution in [3.63, 3.8) is 0 Å². The van der Waals surface area contributed by atoms with Gasteiger partial charge in [-0.15, -0.1) is 11.3 Å². The molecular weight excluding hydrogens is 372 g/mol. The van der Waals surface area contributed by atoms with E-state index in [1.807, 2.05) is 34.5 Å². The predicted molar refractivity (Wildman–Crippen MR) is 111 cm³/mol. The van der Waals surface area contributed by atoms with Gasteiger partial charge in [0.05, 0.1) is 11.1 Å². The van der Waals surface area contributed by atoms with Crippen molar-refractivity contribution < 1.29 is 4.79 Å². The summed E-state index contributed by atoms with van der Waals surface area (Å²) in [7, 11) is 0. The van der Waals surface area contributed by atoms with Crippen LogP contribution in [0.15, 0.2) is 64.9 Å². The lowest BCUT2D eigenvalue weighted by atomic mass is 10.2. The lowest BCUT2D eigenvalue weighted by Crippen LogP contribution is -2.49. The number of para-hydroxylation sites is 1. The smallest absolute Gasteiger partial charge is 0.275 e. The molecule has 0 atom stereocenters. The van der Waals surface area contributed by atoms with E-state index in [4.69, 9.17) is 0 Å². The normalized spacial score (nSPS) is 14.7. The van der Waals surface area contributed by atoms with Gasteiger partial charge in [-0.3, -0.25) is 14.0 Å². The maximum absolute atomic E-state index is 13.2. The topological polar surface area (TPSA) is 57.9 Å². The number of amides is 1. The molecule has 0 radical (unpaired) electrons. The molecule has 1 aromatic carbocycles. The van der Waals surface area contributed by atoms with Crippen LogP contribution in [0.2, 0.25) is 0 Å². The summed E-state index contributed by atoms with van der Waals surface area (Å²) < 4.78 is 2.09. The maximum atomic E-state index is 13.2. The van der Waals surface area contributed by atoms with Crippen LogP contribution in [0, 0.1) is 0 Å². The molecule has 1 saturated heterocycles. The zero-order chi connectivity index (χ0) is 19.1. The number of pyridine rings is 1. The molecule has 4 heterocycles. The third-order valence-electron chi connectivity index (χ3n) is 5.17. The van der Waals surface area contributed by atoms with E-state index >= 15 is 0 Å². The third-order valence-corrected chi connectivity index (χ3v) is 6.06. The molecule has 1 aliphatic heterocycles. The Kier molecular flexibility index (Phi) is 4.09. The molecular formula is C21H18N4O2S. The second-order valence-electron chi connectivity index (χ2n) is 6.78. The number of hydrogen-bond acceptors (Lipinski definition) is 5. The van der Waals surface area contributed by atoms with Gasteiger partial charge >= 0.3 is 0 Å². The first-order chi connectivity index (χ1) is 13.7. The standard InChI is InChI=1S/C21H18N4O2S/c26-20(24-12-10-23(11-13-24)15-5-2-1-3-6-15)16-7-4-9-25-19(16)22-17-8-14-28-18(17)21(25)27/h1-9,14H,10-13H2. The number of fused-ring (bicyclic) bond motifs is 2. The molecule has 0 aliphatic carbocycles. The van der Waals surface area contributed by atoms with Crippen molar-refractivity contribution in [1.29, 1.82) is 0 Å². The molecule has 4 aromatic rings. The highest BCUT2D eigenvalue weighted by Crippen LogP contribution is 2.20. The molecule has 3 aromatic heterocycles. The molecule has 1 amide bonds. The Labute approximate surface area is 165 Å². The van der Waals surface area contributed by atoms with Gasteiger partial charge < -0.3 is 9.80 Å². The summed E-state index contributed by atoms with van der Waals surface area (Å²) in [6.07, 6.45) is 1.67. The minimum absolute atomic E-state index is 0.0766. The summed E-state index contributed by atoms with van der Waals surface area (Å²) in [6.45, 7) is 2.84. The summed E-state index contributed by atoms with van der Waals surface area (Å²) >= 11 is 1.37. The number of benzene rings is 1. The van der Waals surface area contributed by atoms with Crippen molar-refractivity contribution in [3.05, 3.63) is 76.0 Å². The molecule has 28 heavy (non-hydrogen) atoms. The van der Waals surface area contributed by atoms with Gasteiger partial charge in [-0.05, 0) is 35.7 Å². The Hall–Kier alpha value is -3.19. The molecule has 0 unspecified atom stereocenters. The number of carbonyl (C=O) groups excluding carboxylic acids is 1. The number of nitrogens with zero attached hydrogens (tertiary/aromatic N) is 4. The minimum Gasteiger partial charge on any atom is -0.368 e. The Bertz CT molecular complexity index is 1220. The minimum atomic E-state index is -0.126. The largest absolute Gasteiger partial charge is 0.368 e. The SMILES string of the molecule is O=C(c1cccn2c(=O)c3sccc3nc12)N1CCN(c2ccccc2)CC1. The number of rotatable bonds is 2. The average molecular weight is 390 g/mol. The molecule has 7 heteroatoms. The van der Waals surface area contributed by atoms with E-state index in [1.54, 1.807) is 18.3 Å². The van der Waals surface area contributed by atoms with Crippen molar-refractivity contribution >= 4 is 38.8 Å². The van der Waals surface area contributed by atoms with Crippen molar-refractivity contribution in [2.75, 3.05) is 31.1 Å². The van der Waals surface area contributed by atoms with Gasteiger partial charge in [0, 0.05) is 38.1 Å². The van der Waals surface area contributed by atoms with Gasteiger partial charge in [-0.2, -0.15) is 0 Å². The fourth-order valence-electron chi connectivity index (χ4n) is 3.70.